The Morgan fingerprint density at radius 2 is 1.89 bits per heavy atom. The van der Waals surface area contributed by atoms with E-state index in [2.05, 4.69) is 17.2 Å². The predicted octanol–water partition coefficient (Wildman–Crippen LogP) is 1.74. The second kappa shape index (κ2) is 5.24. The van der Waals surface area contributed by atoms with Crippen LogP contribution in [0, 0.1) is 29.1 Å². The average Bonchev–Trinajstić information content (AvgIpc) is 2.75. The molecule has 0 aromatic heterocycles. The molecule has 2 atom stereocenters. The molecule has 1 amide bonds. The molecule has 1 fully saturated rings. The maximum atomic E-state index is 12.1. The van der Waals surface area contributed by atoms with Gasteiger partial charge >= 0.3 is 5.97 Å². The molecule has 1 rings (SSSR count). The zero-order valence-electron chi connectivity index (χ0n) is 12.6. The zero-order chi connectivity index (χ0) is 14.8. The maximum Gasteiger partial charge on any atom is 0.384 e. The van der Waals surface area contributed by atoms with Crippen molar-refractivity contribution >= 4 is 11.9 Å². The third kappa shape index (κ3) is 3.99. The van der Waals surface area contributed by atoms with Gasteiger partial charge in [-0.05, 0) is 33.1 Å². The number of hydrogen-bond donors (Lipinski definition) is 1. The fourth-order valence-electron chi connectivity index (χ4n) is 2.15. The fraction of sp³-hybridized carbons (Fsp3) is 0.733. The first-order chi connectivity index (χ1) is 8.59. The Labute approximate surface area is 115 Å². The van der Waals surface area contributed by atoms with Crippen molar-refractivity contribution in [3.05, 3.63) is 0 Å². The maximum absolute atomic E-state index is 12.1. The number of hydrogen-bond acceptors (Lipinski definition) is 3. The first kappa shape index (κ1) is 15.6. The van der Waals surface area contributed by atoms with Gasteiger partial charge in [-0.15, -0.1) is 0 Å². The second-order valence-electron chi connectivity index (χ2n) is 6.51. The Bertz CT molecular complexity index is 435. The van der Waals surface area contributed by atoms with Crippen molar-refractivity contribution in [3.63, 3.8) is 0 Å². The summed E-state index contributed by atoms with van der Waals surface area (Å²) in [7, 11) is 0. The minimum atomic E-state index is -0.528. The minimum Gasteiger partial charge on any atom is -0.456 e. The molecule has 1 aliphatic rings. The Balaban J connectivity index is 2.68. The number of ether oxygens (including phenoxy) is 1. The van der Waals surface area contributed by atoms with E-state index >= 15 is 0 Å². The number of carbonyl (C=O) groups excluding carboxylic acids is 2. The van der Waals surface area contributed by atoms with Crippen LogP contribution in [0.2, 0.25) is 0 Å². The summed E-state index contributed by atoms with van der Waals surface area (Å²) in [5, 5.41) is 2.96. The van der Waals surface area contributed by atoms with Crippen molar-refractivity contribution in [2.24, 2.45) is 17.3 Å². The van der Waals surface area contributed by atoms with Crippen LogP contribution in [0.3, 0.4) is 0 Å². The van der Waals surface area contributed by atoms with Gasteiger partial charge in [0, 0.05) is 17.4 Å². The van der Waals surface area contributed by atoms with Gasteiger partial charge in [0.2, 0.25) is 5.91 Å². The molecule has 0 spiro atoms. The van der Waals surface area contributed by atoms with Crippen LogP contribution < -0.4 is 5.32 Å². The molecule has 19 heavy (non-hydrogen) atoms. The summed E-state index contributed by atoms with van der Waals surface area (Å²) in [6.07, 6.45) is 0. The van der Waals surface area contributed by atoms with Crippen LogP contribution in [-0.4, -0.2) is 24.0 Å². The highest BCUT2D eigenvalue weighted by Crippen LogP contribution is 2.58. The number of amides is 1. The fourth-order valence-corrected chi connectivity index (χ4v) is 2.15. The van der Waals surface area contributed by atoms with E-state index in [9.17, 15) is 9.59 Å². The predicted molar refractivity (Wildman–Crippen MR) is 73.1 cm³/mol. The smallest absolute Gasteiger partial charge is 0.384 e. The molecule has 4 heteroatoms. The number of carbonyl (C=O) groups is 2. The molecule has 0 aromatic rings. The molecular weight excluding hydrogens is 242 g/mol. The largest absolute Gasteiger partial charge is 0.456 e. The number of esters is 1. The monoisotopic (exact) mass is 265 g/mol. The van der Waals surface area contributed by atoms with Crippen molar-refractivity contribution in [2.75, 3.05) is 6.61 Å². The third-order valence-electron chi connectivity index (χ3n) is 3.21. The summed E-state index contributed by atoms with van der Waals surface area (Å²) in [6, 6.07) is 0. The molecule has 2 unspecified atom stereocenters. The zero-order valence-corrected chi connectivity index (χ0v) is 12.6. The van der Waals surface area contributed by atoms with Gasteiger partial charge in [-0.25, -0.2) is 4.79 Å². The lowest BCUT2D eigenvalue weighted by Crippen LogP contribution is -2.42. The van der Waals surface area contributed by atoms with E-state index < -0.39 is 5.97 Å². The van der Waals surface area contributed by atoms with Crippen molar-refractivity contribution < 1.29 is 14.3 Å². The number of rotatable bonds is 2. The van der Waals surface area contributed by atoms with Gasteiger partial charge in [0.15, 0.2) is 0 Å². The summed E-state index contributed by atoms with van der Waals surface area (Å²) >= 11 is 0. The van der Waals surface area contributed by atoms with Crippen molar-refractivity contribution in [1.82, 2.24) is 5.32 Å². The van der Waals surface area contributed by atoms with Gasteiger partial charge < -0.3 is 10.1 Å². The van der Waals surface area contributed by atoms with Crippen LogP contribution in [0.25, 0.3) is 0 Å². The molecule has 0 aromatic carbocycles. The summed E-state index contributed by atoms with van der Waals surface area (Å²) in [5.74, 6) is 4.55. The molecule has 0 aliphatic heterocycles. The topological polar surface area (TPSA) is 55.4 Å². The lowest BCUT2D eigenvalue weighted by atomic mass is 10.1. The Hall–Kier alpha value is -1.50. The second-order valence-corrected chi connectivity index (χ2v) is 6.51. The molecule has 1 aliphatic carbocycles. The standard InChI is InChI=1S/C15H23NO3/c1-7-19-11(17)9-8-10-12(15(10,5)6)13(18)16-14(2,3)4/h10,12H,7H2,1-6H3,(H,16,18). The molecule has 0 saturated heterocycles. The van der Waals surface area contributed by atoms with Crippen LogP contribution >= 0.6 is 0 Å². The van der Waals surface area contributed by atoms with E-state index in [0.29, 0.717) is 6.61 Å². The first-order valence-electron chi connectivity index (χ1n) is 6.60. The summed E-state index contributed by atoms with van der Waals surface area (Å²) in [6.45, 7) is 11.9. The van der Waals surface area contributed by atoms with E-state index in [1.807, 2.05) is 34.6 Å². The summed E-state index contributed by atoms with van der Waals surface area (Å²) in [5.41, 5.74) is -0.441. The van der Waals surface area contributed by atoms with E-state index in [-0.39, 0.29) is 28.7 Å². The SMILES string of the molecule is CCOC(=O)C#CC1C(C(=O)NC(C)(C)C)C1(C)C. The molecule has 0 heterocycles. The van der Waals surface area contributed by atoms with Gasteiger partial charge in [0.1, 0.15) is 0 Å². The molecule has 0 radical (unpaired) electrons. The minimum absolute atomic E-state index is 0.000610. The normalized spacial score (nSPS) is 23.9. The van der Waals surface area contributed by atoms with E-state index in [1.165, 1.54) is 0 Å². The molecule has 1 saturated carbocycles. The quantitative estimate of drug-likeness (QED) is 0.470. The van der Waals surface area contributed by atoms with Gasteiger partial charge in [0.25, 0.3) is 0 Å². The summed E-state index contributed by atoms with van der Waals surface area (Å²) in [4.78, 5) is 23.3. The number of nitrogens with one attached hydrogen (secondary N) is 1. The Morgan fingerprint density at radius 3 is 2.37 bits per heavy atom. The molecule has 4 nitrogen and oxygen atoms in total. The van der Waals surface area contributed by atoms with Crippen LogP contribution in [0.1, 0.15) is 41.5 Å². The third-order valence-corrected chi connectivity index (χ3v) is 3.21. The average molecular weight is 265 g/mol. The van der Waals surface area contributed by atoms with Gasteiger partial charge in [-0.3, -0.25) is 4.79 Å². The lowest BCUT2D eigenvalue weighted by Gasteiger charge is -2.20. The van der Waals surface area contributed by atoms with Crippen molar-refractivity contribution in [3.8, 4) is 11.8 Å². The summed E-state index contributed by atoms with van der Waals surface area (Å²) < 4.78 is 4.75. The molecule has 0 bridgehead atoms. The molecule has 1 N–H and O–H groups in total. The Morgan fingerprint density at radius 1 is 1.32 bits per heavy atom. The van der Waals surface area contributed by atoms with Gasteiger partial charge in [-0.2, -0.15) is 0 Å². The molecular formula is C15H23NO3. The van der Waals surface area contributed by atoms with Crippen LogP contribution in [0.15, 0.2) is 0 Å². The van der Waals surface area contributed by atoms with Crippen LogP contribution in [-0.2, 0) is 14.3 Å². The first-order valence-corrected chi connectivity index (χ1v) is 6.60. The van der Waals surface area contributed by atoms with E-state index in [4.69, 9.17) is 4.74 Å². The lowest BCUT2D eigenvalue weighted by molar-refractivity contribution is -0.136. The van der Waals surface area contributed by atoms with E-state index in [0.717, 1.165) is 0 Å². The van der Waals surface area contributed by atoms with Crippen LogP contribution in [0.4, 0.5) is 0 Å². The van der Waals surface area contributed by atoms with Crippen LogP contribution in [0.5, 0.6) is 0 Å². The van der Waals surface area contributed by atoms with E-state index in [1.54, 1.807) is 6.92 Å². The highest BCUT2D eigenvalue weighted by molar-refractivity contribution is 5.89. The molecule has 106 valence electrons. The van der Waals surface area contributed by atoms with Gasteiger partial charge in [0.05, 0.1) is 12.5 Å². The van der Waals surface area contributed by atoms with Gasteiger partial charge in [-0.1, -0.05) is 19.8 Å². The van der Waals surface area contributed by atoms with Crippen molar-refractivity contribution in [1.29, 1.82) is 0 Å². The van der Waals surface area contributed by atoms with Crippen molar-refractivity contribution in [2.45, 2.75) is 47.1 Å². The Kier molecular flexibility index (Phi) is 4.29. The highest BCUT2D eigenvalue weighted by atomic mass is 16.5. The highest BCUT2D eigenvalue weighted by Gasteiger charge is 2.61.